The molecule has 13 nitrogen and oxygen atoms in total. The molecule has 0 aromatic rings. The van der Waals surface area contributed by atoms with E-state index in [4.69, 9.17) is 61.9 Å². The molecule has 0 fully saturated rings. The van der Waals surface area contributed by atoms with E-state index in [2.05, 4.69) is 13.8 Å². The summed E-state index contributed by atoms with van der Waals surface area (Å²) in [6.07, 6.45) is 15.9. The van der Waals surface area contributed by atoms with Crippen molar-refractivity contribution >= 4 is 0 Å². The largest absolute Gasteiger partial charge is 0.394 e. The van der Waals surface area contributed by atoms with Gasteiger partial charge < -0.3 is 61.9 Å². The molecule has 0 aromatic heterocycles. The minimum atomic E-state index is 0.0266. The summed E-state index contributed by atoms with van der Waals surface area (Å²) in [6.45, 7) is 16.6. The van der Waals surface area contributed by atoms with Crippen LogP contribution in [0.3, 0.4) is 0 Å². The van der Waals surface area contributed by atoms with Crippen molar-refractivity contribution in [1.29, 1.82) is 0 Å². The van der Waals surface area contributed by atoms with E-state index in [1.54, 1.807) is 0 Å². The molecule has 0 saturated heterocycles. The van der Waals surface area contributed by atoms with E-state index >= 15 is 0 Å². The number of hydrogen-bond acceptors (Lipinski definition) is 13. The van der Waals surface area contributed by atoms with Crippen LogP contribution in [0.4, 0.5) is 0 Å². The van der Waals surface area contributed by atoms with Crippen molar-refractivity contribution in [2.24, 2.45) is 5.92 Å². The zero-order chi connectivity index (χ0) is 37.5. The number of aliphatic hydroxyl groups is 1. The van der Waals surface area contributed by atoms with Gasteiger partial charge in [0.15, 0.2) is 0 Å². The molecule has 0 amide bonds. The van der Waals surface area contributed by atoms with Crippen molar-refractivity contribution in [2.45, 2.75) is 90.9 Å². The molecule has 0 atom stereocenters. The fourth-order valence-corrected chi connectivity index (χ4v) is 4.76. The first-order valence-electron chi connectivity index (χ1n) is 20.3. The molecule has 314 valence electrons. The van der Waals surface area contributed by atoms with Crippen molar-refractivity contribution in [1.82, 2.24) is 0 Å². The lowest BCUT2D eigenvalue weighted by Gasteiger charge is -2.09. The molecular formula is C39H80O13. The topological polar surface area (TPSA) is 131 Å². The Kier molecular flexibility index (Phi) is 48.0. The molecular weight excluding hydrogens is 676 g/mol. The van der Waals surface area contributed by atoms with E-state index in [9.17, 15) is 0 Å². The molecule has 13 heteroatoms. The van der Waals surface area contributed by atoms with E-state index in [1.807, 2.05) is 0 Å². The lowest BCUT2D eigenvalue weighted by Crippen LogP contribution is -2.15. The lowest BCUT2D eigenvalue weighted by atomic mass is 10.0. The van der Waals surface area contributed by atoms with Crippen LogP contribution >= 0.6 is 0 Å². The number of hydrogen-bond donors (Lipinski definition) is 1. The van der Waals surface area contributed by atoms with Crippen LogP contribution in [0.5, 0.6) is 0 Å². The zero-order valence-electron chi connectivity index (χ0n) is 33.4. The van der Waals surface area contributed by atoms with Gasteiger partial charge in [0.2, 0.25) is 0 Å². The van der Waals surface area contributed by atoms with Crippen LogP contribution in [0, 0.1) is 5.92 Å². The molecule has 0 bridgehead atoms. The Labute approximate surface area is 317 Å². The van der Waals surface area contributed by atoms with Gasteiger partial charge in [0.05, 0.1) is 132 Å². The molecule has 0 saturated carbocycles. The summed E-state index contributed by atoms with van der Waals surface area (Å²) in [5.74, 6) is 0.856. The summed E-state index contributed by atoms with van der Waals surface area (Å²) in [7, 11) is 0. The Morgan fingerprint density at radius 1 is 0.269 bits per heavy atom. The quantitative estimate of drug-likeness (QED) is 0.0623. The third-order valence-electron chi connectivity index (χ3n) is 7.65. The van der Waals surface area contributed by atoms with Gasteiger partial charge in [0.25, 0.3) is 0 Å². The molecule has 0 radical (unpaired) electrons. The summed E-state index contributed by atoms with van der Waals surface area (Å²) in [4.78, 5) is 0. The summed E-state index contributed by atoms with van der Waals surface area (Å²) in [6, 6.07) is 0. The van der Waals surface area contributed by atoms with Crippen molar-refractivity contribution in [2.75, 3.05) is 159 Å². The predicted octanol–water partition coefficient (Wildman–Crippen LogP) is 5.47. The summed E-state index contributed by atoms with van der Waals surface area (Å²) in [5.41, 5.74) is 0. The fraction of sp³-hybridized carbons (Fsp3) is 1.00. The molecule has 1 N–H and O–H groups in total. The second kappa shape index (κ2) is 48.5. The van der Waals surface area contributed by atoms with Gasteiger partial charge in [0.1, 0.15) is 6.79 Å². The highest BCUT2D eigenvalue weighted by atomic mass is 16.7. The van der Waals surface area contributed by atoms with Crippen LogP contribution in [0.1, 0.15) is 90.9 Å². The maximum absolute atomic E-state index is 8.59. The molecule has 0 spiro atoms. The van der Waals surface area contributed by atoms with Gasteiger partial charge in [-0.2, -0.15) is 0 Å². The molecule has 0 heterocycles. The number of aliphatic hydroxyl groups excluding tert-OH is 1. The van der Waals surface area contributed by atoms with E-state index in [0.717, 1.165) is 32.0 Å². The predicted molar refractivity (Wildman–Crippen MR) is 202 cm³/mol. The number of rotatable bonds is 48. The molecule has 0 unspecified atom stereocenters. The average molecular weight is 757 g/mol. The second-order valence-electron chi connectivity index (χ2n) is 12.9. The van der Waals surface area contributed by atoms with E-state index in [0.29, 0.717) is 132 Å². The highest BCUT2D eigenvalue weighted by molar-refractivity contribution is 4.50. The Hall–Kier alpha value is -0.520. The van der Waals surface area contributed by atoms with Crippen LogP contribution in [0.2, 0.25) is 0 Å². The van der Waals surface area contributed by atoms with Crippen LogP contribution in [0.15, 0.2) is 0 Å². The van der Waals surface area contributed by atoms with Crippen molar-refractivity contribution in [3.05, 3.63) is 0 Å². The van der Waals surface area contributed by atoms with Gasteiger partial charge >= 0.3 is 0 Å². The van der Waals surface area contributed by atoms with Crippen LogP contribution in [-0.4, -0.2) is 164 Å². The first-order valence-corrected chi connectivity index (χ1v) is 20.3. The molecule has 0 aliphatic heterocycles. The Bertz CT molecular complexity index is 619. The molecule has 0 aromatic carbocycles. The fourth-order valence-electron chi connectivity index (χ4n) is 4.76. The Morgan fingerprint density at radius 2 is 0.519 bits per heavy atom. The molecule has 0 rings (SSSR count). The highest BCUT2D eigenvalue weighted by Crippen LogP contribution is 2.13. The maximum atomic E-state index is 8.59. The monoisotopic (exact) mass is 757 g/mol. The molecule has 52 heavy (non-hydrogen) atoms. The van der Waals surface area contributed by atoms with Gasteiger partial charge in [-0.25, -0.2) is 0 Å². The van der Waals surface area contributed by atoms with Crippen LogP contribution < -0.4 is 0 Å². The van der Waals surface area contributed by atoms with Gasteiger partial charge in [-0.3, -0.25) is 0 Å². The first-order chi connectivity index (χ1) is 25.8. The van der Waals surface area contributed by atoms with Crippen molar-refractivity contribution in [3.63, 3.8) is 0 Å². The minimum absolute atomic E-state index is 0.0266. The van der Waals surface area contributed by atoms with Gasteiger partial charge in [-0.1, -0.05) is 78.1 Å². The lowest BCUT2D eigenvalue weighted by molar-refractivity contribution is -0.0846. The van der Waals surface area contributed by atoms with E-state index in [1.165, 1.54) is 64.2 Å². The van der Waals surface area contributed by atoms with Gasteiger partial charge in [-0.15, -0.1) is 0 Å². The van der Waals surface area contributed by atoms with E-state index in [-0.39, 0.29) is 13.4 Å². The summed E-state index contributed by atoms with van der Waals surface area (Å²) < 4.78 is 65.4. The number of unbranched alkanes of at least 4 members (excludes halogenated alkanes) is 9. The third kappa shape index (κ3) is 49.5. The maximum Gasteiger partial charge on any atom is 0.146 e. The van der Waals surface area contributed by atoms with Gasteiger partial charge in [-0.05, 0) is 18.8 Å². The van der Waals surface area contributed by atoms with Gasteiger partial charge in [0, 0.05) is 19.8 Å². The van der Waals surface area contributed by atoms with Crippen LogP contribution in [-0.2, 0) is 56.8 Å². The minimum Gasteiger partial charge on any atom is -0.394 e. The summed E-state index contributed by atoms with van der Waals surface area (Å²) in [5, 5.41) is 8.59. The Balaban J connectivity index is 3.05. The Morgan fingerprint density at radius 3 is 0.865 bits per heavy atom. The number of ether oxygens (including phenoxy) is 12. The SMILES string of the molecule is CC(C)CCCCCCCCCCCCOCCCOCCOCOCCOCCOCCOCCOCCOCCOCCOCCOCCO. The van der Waals surface area contributed by atoms with Crippen LogP contribution in [0.25, 0.3) is 0 Å². The molecule has 0 aliphatic rings. The highest BCUT2D eigenvalue weighted by Gasteiger charge is 1.98. The zero-order valence-corrected chi connectivity index (χ0v) is 33.4. The second-order valence-corrected chi connectivity index (χ2v) is 12.9. The van der Waals surface area contributed by atoms with Crippen molar-refractivity contribution < 1.29 is 61.9 Å². The third-order valence-corrected chi connectivity index (χ3v) is 7.65. The smallest absolute Gasteiger partial charge is 0.146 e. The molecule has 0 aliphatic carbocycles. The van der Waals surface area contributed by atoms with Crippen molar-refractivity contribution in [3.8, 4) is 0 Å². The first kappa shape index (κ1) is 51.5. The standard InChI is InChI=1S/C39H80O13/c1-39(2)14-11-9-7-5-3-4-6-8-10-12-16-41-17-13-18-42-34-36-51-38-52-37-35-50-33-32-49-31-30-48-29-28-47-27-26-46-25-24-45-23-22-44-21-20-43-19-15-40/h39-40H,3-38H2,1-2H3. The normalized spacial score (nSPS) is 11.8. The summed E-state index contributed by atoms with van der Waals surface area (Å²) >= 11 is 0. The average Bonchev–Trinajstić information content (AvgIpc) is 3.14. The van der Waals surface area contributed by atoms with E-state index < -0.39 is 0 Å².